The van der Waals surface area contributed by atoms with E-state index in [0.717, 1.165) is 0 Å². The number of hydrogen-bond acceptors (Lipinski definition) is 5. The highest BCUT2D eigenvalue weighted by atomic mass is 35.5. The zero-order valence-electron chi connectivity index (χ0n) is 13.9. The monoisotopic (exact) mass is 337 g/mol. The molecule has 5 nitrogen and oxygen atoms in total. The Morgan fingerprint density at radius 2 is 2.04 bits per heavy atom. The lowest BCUT2D eigenvalue weighted by Crippen LogP contribution is -2.21. The molecule has 2 rings (SSSR count). The Morgan fingerprint density at radius 1 is 1.35 bits per heavy atom. The third-order valence-corrected chi connectivity index (χ3v) is 3.39. The van der Waals surface area contributed by atoms with Crippen LogP contribution in [0, 0.1) is 5.41 Å². The molecule has 0 atom stereocenters. The molecule has 0 spiro atoms. The molecule has 0 saturated carbocycles. The van der Waals surface area contributed by atoms with Crippen LogP contribution in [0.15, 0.2) is 22.8 Å². The maximum Gasteiger partial charge on any atom is 0.363 e. The minimum absolute atomic E-state index is 0.234. The van der Waals surface area contributed by atoms with E-state index in [-0.39, 0.29) is 11.1 Å². The van der Waals surface area contributed by atoms with Gasteiger partial charge in [-0.2, -0.15) is 0 Å². The molecule has 6 heteroatoms. The summed E-state index contributed by atoms with van der Waals surface area (Å²) in [6, 6.07) is 3.43. The van der Waals surface area contributed by atoms with Gasteiger partial charge in [-0.05, 0) is 30.7 Å². The van der Waals surface area contributed by atoms with Crippen molar-refractivity contribution in [2.45, 2.75) is 27.7 Å². The van der Waals surface area contributed by atoms with Crippen LogP contribution in [0.3, 0.4) is 0 Å². The van der Waals surface area contributed by atoms with Gasteiger partial charge in [0.15, 0.2) is 17.2 Å². The number of benzene rings is 1. The van der Waals surface area contributed by atoms with Crippen LogP contribution in [0.2, 0.25) is 5.02 Å². The number of halogens is 1. The van der Waals surface area contributed by atoms with Crippen molar-refractivity contribution in [3.8, 4) is 11.5 Å². The smallest absolute Gasteiger partial charge is 0.363 e. The van der Waals surface area contributed by atoms with Crippen molar-refractivity contribution in [2.24, 2.45) is 10.4 Å². The lowest BCUT2D eigenvalue weighted by Gasteiger charge is -2.15. The zero-order valence-corrected chi connectivity index (χ0v) is 14.7. The Bertz CT molecular complexity index is 687. The minimum atomic E-state index is -0.473. The summed E-state index contributed by atoms with van der Waals surface area (Å²) >= 11 is 6.23. The average molecular weight is 338 g/mol. The van der Waals surface area contributed by atoms with E-state index >= 15 is 0 Å². The van der Waals surface area contributed by atoms with Gasteiger partial charge in [0.2, 0.25) is 5.90 Å². The molecule has 0 aromatic heterocycles. The Morgan fingerprint density at radius 3 is 2.57 bits per heavy atom. The van der Waals surface area contributed by atoms with Crippen LogP contribution in [0.4, 0.5) is 0 Å². The Kier molecular flexibility index (Phi) is 5.00. The summed E-state index contributed by atoms with van der Waals surface area (Å²) in [4.78, 5) is 16.2. The maximum atomic E-state index is 12.0. The average Bonchev–Trinajstić information content (AvgIpc) is 2.83. The highest BCUT2D eigenvalue weighted by Crippen LogP contribution is 2.37. The number of carbonyl (C=O) groups is 1. The molecule has 1 heterocycles. The number of methoxy groups -OCH3 is 1. The molecule has 0 aliphatic carbocycles. The third kappa shape index (κ3) is 3.85. The van der Waals surface area contributed by atoms with Crippen LogP contribution in [0.5, 0.6) is 11.5 Å². The fraction of sp³-hybridized carbons (Fsp3) is 0.412. The van der Waals surface area contributed by atoms with E-state index in [1.165, 1.54) is 7.11 Å². The van der Waals surface area contributed by atoms with Gasteiger partial charge in [0.05, 0.1) is 18.7 Å². The molecule has 0 N–H and O–H groups in total. The second-order valence-electron chi connectivity index (χ2n) is 6.05. The third-order valence-electron chi connectivity index (χ3n) is 3.11. The number of cyclic esters (lactones) is 1. The van der Waals surface area contributed by atoms with Crippen molar-refractivity contribution in [3.63, 3.8) is 0 Å². The zero-order chi connectivity index (χ0) is 17.2. The second kappa shape index (κ2) is 6.62. The fourth-order valence-electron chi connectivity index (χ4n) is 2.00. The Hall–Kier alpha value is -2.01. The predicted molar refractivity (Wildman–Crippen MR) is 90.1 cm³/mol. The first kappa shape index (κ1) is 17.3. The van der Waals surface area contributed by atoms with Crippen molar-refractivity contribution in [1.29, 1.82) is 0 Å². The predicted octanol–water partition coefficient (Wildman–Crippen LogP) is 4.09. The van der Waals surface area contributed by atoms with E-state index in [1.807, 2.05) is 27.7 Å². The van der Waals surface area contributed by atoms with E-state index in [1.54, 1.807) is 18.2 Å². The van der Waals surface area contributed by atoms with Gasteiger partial charge in [-0.15, -0.1) is 0 Å². The van der Waals surface area contributed by atoms with Crippen LogP contribution >= 0.6 is 11.6 Å². The fourth-order valence-corrected chi connectivity index (χ4v) is 2.27. The van der Waals surface area contributed by atoms with Gasteiger partial charge in [0.1, 0.15) is 0 Å². The van der Waals surface area contributed by atoms with E-state index < -0.39 is 5.97 Å². The number of carbonyl (C=O) groups excluding carboxylic acids is 1. The highest BCUT2D eigenvalue weighted by molar-refractivity contribution is 6.32. The van der Waals surface area contributed by atoms with Gasteiger partial charge in [0, 0.05) is 5.41 Å². The number of esters is 1. The standard InChI is InChI=1S/C17H20ClNO4/c1-6-22-14-11(18)7-10(9-13(14)21-5)8-12-15(20)23-16(19-12)17(2,3)4/h7-9H,6H2,1-5H3/b12-8-. The molecule has 1 aromatic rings. The molecule has 1 aromatic carbocycles. The van der Waals surface area contributed by atoms with Crippen LogP contribution in [-0.4, -0.2) is 25.6 Å². The number of aliphatic imine (C=N–C) groups is 1. The van der Waals surface area contributed by atoms with E-state index in [0.29, 0.717) is 34.6 Å². The summed E-state index contributed by atoms with van der Waals surface area (Å²) in [6.45, 7) is 8.13. The van der Waals surface area contributed by atoms with Crippen molar-refractivity contribution < 1.29 is 19.0 Å². The molecule has 1 aliphatic rings. The molecule has 0 bridgehead atoms. The molecule has 0 unspecified atom stereocenters. The summed E-state index contributed by atoms with van der Waals surface area (Å²) in [7, 11) is 1.53. The first-order valence-electron chi connectivity index (χ1n) is 7.29. The first-order valence-corrected chi connectivity index (χ1v) is 7.67. The van der Waals surface area contributed by atoms with Crippen molar-refractivity contribution in [3.05, 3.63) is 28.4 Å². The van der Waals surface area contributed by atoms with Crippen LogP contribution < -0.4 is 9.47 Å². The molecule has 0 radical (unpaired) electrons. The number of rotatable bonds is 4. The topological polar surface area (TPSA) is 57.1 Å². The van der Waals surface area contributed by atoms with Crippen molar-refractivity contribution >= 4 is 29.5 Å². The van der Waals surface area contributed by atoms with Gasteiger partial charge >= 0.3 is 5.97 Å². The molecular weight excluding hydrogens is 318 g/mol. The molecule has 0 fully saturated rings. The molecule has 1 aliphatic heterocycles. The summed E-state index contributed by atoms with van der Waals surface area (Å²) in [6.07, 6.45) is 1.62. The van der Waals surface area contributed by atoms with Gasteiger partial charge in [-0.3, -0.25) is 0 Å². The molecule has 124 valence electrons. The minimum Gasteiger partial charge on any atom is -0.493 e. The van der Waals surface area contributed by atoms with Gasteiger partial charge in [-0.25, -0.2) is 9.79 Å². The van der Waals surface area contributed by atoms with E-state index in [2.05, 4.69) is 4.99 Å². The highest BCUT2D eigenvalue weighted by Gasteiger charge is 2.31. The maximum absolute atomic E-state index is 12.0. The second-order valence-corrected chi connectivity index (χ2v) is 6.46. The van der Waals surface area contributed by atoms with Crippen LogP contribution in [0.25, 0.3) is 6.08 Å². The van der Waals surface area contributed by atoms with Crippen molar-refractivity contribution in [1.82, 2.24) is 0 Å². The first-order chi connectivity index (χ1) is 10.8. The summed E-state index contributed by atoms with van der Waals surface area (Å²) < 4.78 is 16.0. The van der Waals surface area contributed by atoms with Gasteiger partial charge in [0.25, 0.3) is 0 Å². The Balaban J connectivity index is 2.42. The molecule has 0 saturated heterocycles. The van der Waals surface area contributed by atoms with E-state index in [4.69, 9.17) is 25.8 Å². The quantitative estimate of drug-likeness (QED) is 0.613. The normalized spacial score (nSPS) is 16.3. The lowest BCUT2D eigenvalue weighted by atomic mass is 9.97. The lowest BCUT2D eigenvalue weighted by molar-refractivity contribution is -0.130. The van der Waals surface area contributed by atoms with Crippen LogP contribution in [-0.2, 0) is 9.53 Å². The van der Waals surface area contributed by atoms with E-state index in [9.17, 15) is 4.79 Å². The summed E-state index contributed by atoms with van der Waals surface area (Å²) in [5, 5.41) is 0.407. The molecule has 0 amide bonds. The largest absolute Gasteiger partial charge is 0.493 e. The number of hydrogen-bond donors (Lipinski definition) is 0. The van der Waals surface area contributed by atoms with Gasteiger partial charge in [-0.1, -0.05) is 32.4 Å². The molecule has 23 heavy (non-hydrogen) atoms. The molecular formula is C17H20ClNO4. The summed E-state index contributed by atoms with van der Waals surface area (Å²) in [5.74, 6) is 0.904. The van der Waals surface area contributed by atoms with Gasteiger partial charge < -0.3 is 14.2 Å². The van der Waals surface area contributed by atoms with Crippen LogP contribution in [0.1, 0.15) is 33.3 Å². The number of ether oxygens (including phenoxy) is 3. The number of nitrogens with zero attached hydrogens (tertiary/aromatic N) is 1. The Labute approximate surface area is 140 Å². The SMILES string of the molecule is CCOc1c(Cl)cc(/C=C2\N=C(C(C)(C)C)OC2=O)cc1OC. The summed E-state index contributed by atoms with van der Waals surface area (Å²) in [5.41, 5.74) is 0.581. The van der Waals surface area contributed by atoms with Crippen molar-refractivity contribution in [2.75, 3.05) is 13.7 Å².